The first-order valence-electron chi connectivity index (χ1n) is 5.54. The lowest BCUT2D eigenvalue weighted by atomic mass is 9.93. The van der Waals surface area contributed by atoms with E-state index in [-0.39, 0.29) is 11.8 Å². The molecular weight excluding hydrogens is 226 g/mol. The normalized spacial score (nSPS) is 18.4. The Morgan fingerprint density at radius 3 is 3.00 bits per heavy atom. The zero-order chi connectivity index (χ0) is 12.3. The molecule has 1 amide bonds. The van der Waals surface area contributed by atoms with Crippen molar-refractivity contribution in [2.24, 2.45) is 5.92 Å². The van der Waals surface area contributed by atoms with Crippen LogP contribution >= 0.6 is 0 Å². The van der Waals surface area contributed by atoms with E-state index in [0.717, 1.165) is 11.3 Å². The second kappa shape index (κ2) is 5.12. The largest absolute Gasteiger partial charge is 0.384 e. The maximum atomic E-state index is 12.0. The molecule has 1 unspecified atom stereocenters. The van der Waals surface area contributed by atoms with Crippen LogP contribution < -0.4 is 10.6 Å². The number of alkyl halides is 2. The number of benzene rings is 1. The summed E-state index contributed by atoms with van der Waals surface area (Å²) in [4.78, 5) is 11.6. The van der Waals surface area contributed by atoms with Crippen LogP contribution in [0.1, 0.15) is 5.56 Å². The van der Waals surface area contributed by atoms with Crippen molar-refractivity contribution in [3.05, 3.63) is 29.8 Å². The number of halogens is 2. The summed E-state index contributed by atoms with van der Waals surface area (Å²) in [5.74, 6) is -0.587. The minimum absolute atomic E-state index is 0.274. The van der Waals surface area contributed by atoms with E-state index in [1.54, 1.807) is 0 Å². The molecule has 17 heavy (non-hydrogen) atoms. The van der Waals surface area contributed by atoms with Crippen molar-refractivity contribution >= 4 is 11.6 Å². The first-order valence-corrected chi connectivity index (χ1v) is 5.54. The van der Waals surface area contributed by atoms with Gasteiger partial charge in [0.25, 0.3) is 6.43 Å². The van der Waals surface area contributed by atoms with Crippen molar-refractivity contribution in [1.82, 2.24) is 5.32 Å². The van der Waals surface area contributed by atoms with E-state index in [0.29, 0.717) is 13.0 Å². The van der Waals surface area contributed by atoms with E-state index >= 15 is 0 Å². The second-order valence-corrected chi connectivity index (χ2v) is 4.08. The first-order chi connectivity index (χ1) is 8.16. The van der Waals surface area contributed by atoms with Crippen molar-refractivity contribution in [2.75, 3.05) is 18.4 Å². The van der Waals surface area contributed by atoms with Crippen LogP contribution in [0, 0.1) is 5.92 Å². The van der Waals surface area contributed by atoms with E-state index in [2.05, 4.69) is 10.6 Å². The Morgan fingerprint density at radius 2 is 2.24 bits per heavy atom. The molecule has 1 atom stereocenters. The fourth-order valence-electron chi connectivity index (χ4n) is 1.95. The fraction of sp³-hybridized carbons (Fsp3) is 0.417. The zero-order valence-electron chi connectivity index (χ0n) is 9.25. The molecule has 0 radical (unpaired) electrons. The number of carbonyl (C=O) groups excluding carboxylic acids is 1. The maximum absolute atomic E-state index is 12.0. The summed E-state index contributed by atoms with van der Waals surface area (Å²) in [5.41, 5.74) is 2.07. The average Bonchev–Trinajstić information content (AvgIpc) is 2.35. The van der Waals surface area contributed by atoms with Gasteiger partial charge in [0.15, 0.2) is 0 Å². The van der Waals surface area contributed by atoms with Crippen LogP contribution in [-0.4, -0.2) is 25.4 Å². The number of amides is 1. The standard InChI is InChI=1S/C12H14F2N2O/c13-11(14)7-16-12(17)9-5-8-3-1-2-4-10(8)15-6-9/h1-4,9,11,15H,5-7H2,(H,16,17). The van der Waals surface area contributed by atoms with Crippen molar-refractivity contribution in [3.63, 3.8) is 0 Å². The van der Waals surface area contributed by atoms with Gasteiger partial charge in [0.1, 0.15) is 0 Å². The van der Waals surface area contributed by atoms with E-state index in [9.17, 15) is 13.6 Å². The fourth-order valence-corrected chi connectivity index (χ4v) is 1.95. The number of anilines is 1. The summed E-state index contributed by atoms with van der Waals surface area (Å²) in [6, 6.07) is 7.71. The number of fused-ring (bicyclic) bond motifs is 1. The van der Waals surface area contributed by atoms with Gasteiger partial charge in [-0.25, -0.2) is 8.78 Å². The van der Waals surface area contributed by atoms with E-state index in [1.165, 1.54) is 0 Å². The van der Waals surface area contributed by atoms with Crippen LogP contribution in [0.5, 0.6) is 0 Å². The zero-order valence-corrected chi connectivity index (χ0v) is 9.25. The SMILES string of the molecule is O=C(NCC(F)F)C1CNc2ccccc2C1. The topological polar surface area (TPSA) is 41.1 Å². The van der Waals surface area contributed by atoms with Gasteiger partial charge < -0.3 is 10.6 Å². The Kier molecular flexibility index (Phi) is 3.56. The summed E-state index contributed by atoms with van der Waals surface area (Å²) >= 11 is 0. The van der Waals surface area contributed by atoms with Crippen molar-refractivity contribution in [3.8, 4) is 0 Å². The van der Waals surface area contributed by atoms with Crippen molar-refractivity contribution < 1.29 is 13.6 Å². The minimum Gasteiger partial charge on any atom is -0.384 e. The Labute approximate surface area is 98.2 Å². The van der Waals surface area contributed by atoms with E-state index < -0.39 is 13.0 Å². The van der Waals surface area contributed by atoms with E-state index in [1.807, 2.05) is 24.3 Å². The summed E-state index contributed by atoms with van der Waals surface area (Å²) in [6.07, 6.45) is -1.90. The number of rotatable bonds is 3. The number of hydrogen-bond acceptors (Lipinski definition) is 2. The molecule has 1 heterocycles. The third kappa shape index (κ3) is 2.93. The lowest BCUT2D eigenvalue weighted by Gasteiger charge is -2.25. The molecule has 2 N–H and O–H groups in total. The van der Waals surface area contributed by atoms with Gasteiger partial charge in [0.2, 0.25) is 5.91 Å². The number of nitrogens with one attached hydrogen (secondary N) is 2. The molecule has 0 fully saturated rings. The summed E-state index contributed by atoms with van der Waals surface area (Å²) < 4.78 is 23.9. The molecule has 0 spiro atoms. The molecule has 0 aliphatic carbocycles. The van der Waals surface area contributed by atoms with Gasteiger partial charge in [0, 0.05) is 12.2 Å². The van der Waals surface area contributed by atoms with Gasteiger partial charge in [-0.1, -0.05) is 18.2 Å². The Hall–Kier alpha value is -1.65. The minimum atomic E-state index is -2.50. The molecule has 0 saturated carbocycles. The molecule has 1 aliphatic rings. The second-order valence-electron chi connectivity index (χ2n) is 4.08. The summed E-state index contributed by atoms with van der Waals surface area (Å²) in [6.45, 7) is -0.0803. The Balaban J connectivity index is 1.95. The Morgan fingerprint density at radius 1 is 1.47 bits per heavy atom. The van der Waals surface area contributed by atoms with Crippen LogP contribution in [0.3, 0.4) is 0 Å². The third-order valence-electron chi connectivity index (χ3n) is 2.82. The van der Waals surface area contributed by atoms with Gasteiger partial charge in [-0.15, -0.1) is 0 Å². The highest BCUT2D eigenvalue weighted by Crippen LogP contribution is 2.24. The smallest absolute Gasteiger partial charge is 0.255 e. The number of carbonyl (C=O) groups is 1. The molecule has 3 nitrogen and oxygen atoms in total. The average molecular weight is 240 g/mol. The van der Waals surface area contributed by atoms with Gasteiger partial charge in [-0.3, -0.25) is 4.79 Å². The van der Waals surface area contributed by atoms with Gasteiger partial charge in [0.05, 0.1) is 12.5 Å². The molecule has 1 aliphatic heterocycles. The quantitative estimate of drug-likeness (QED) is 0.843. The molecule has 2 rings (SSSR count). The summed E-state index contributed by atoms with van der Waals surface area (Å²) in [7, 11) is 0. The molecule has 1 aromatic carbocycles. The Bertz CT molecular complexity index is 409. The van der Waals surface area contributed by atoms with Crippen LogP contribution in [0.4, 0.5) is 14.5 Å². The lowest BCUT2D eigenvalue weighted by Crippen LogP contribution is -2.39. The van der Waals surface area contributed by atoms with Gasteiger partial charge in [-0.2, -0.15) is 0 Å². The highest BCUT2D eigenvalue weighted by Gasteiger charge is 2.24. The molecular formula is C12H14F2N2O. The molecule has 1 aromatic rings. The van der Waals surface area contributed by atoms with Gasteiger partial charge in [-0.05, 0) is 18.1 Å². The molecule has 0 bridgehead atoms. The van der Waals surface area contributed by atoms with Gasteiger partial charge >= 0.3 is 0 Å². The molecule has 0 saturated heterocycles. The monoisotopic (exact) mass is 240 g/mol. The van der Waals surface area contributed by atoms with Crippen LogP contribution in [0.15, 0.2) is 24.3 Å². The van der Waals surface area contributed by atoms with Crippen molar-refractivity contribution in [1.29, 1.82) is 0 Å². The maximum Gasteiger partial charge on any atom is 0.255 e. The highest BCUT2D eigenvalue weighted by atomic mass is 19.3. The molecule has 0 aromatic heterocycles. The molecule has 5 heteroatoms. The first kappa shape index (κ1) is 11.8. The predicted molar refractivity (Wildman–Crippen MR) is 61.1 cm³/mol. The van der Waals surface area contributed by atoms with Crippen LogP contribution in [-0.2, 0) is 11.2 Å². The van der Waals surface area contributed by atoms with Crippen LogP contribution in [0.2, 0.25) is 0 Å². The number of hydrogen-bond donors (Lipinski definition) is 2. The van der Waals surface area contributed by atoms with E-state index in [4.69, 9.17) is 0 Å². The lowest BCUT2D eigenvalue weighted by molar-refractivity contribution is -0.125. The predicted octanol–water partition coefficient (Wildman–Crippen LogP) is 1.65. The highest BCUT2D eigenvalue weighted by molar-refractivity contribution is 5.80. The molecule has 92 valence electrons. The van der Waals surface area contributed by atoms with Crippen LogP contribution in [0.25, 0.3) is 0 Å². The van der Waals surface area contributed by atoms with Crippen molar-refractivity contribution in [2.45, 2.75) is 12.8 Å². The third-order valence-corrected chi connectivity index (χ3v) is 2.82. The number of para-hydroxylation sites is 1. The summed E-state index contributed by atoms with van der Waals surface area (Å²) in [5, 5.41) is 5.39.